The largest absolute Gasteiger partial charge is 0.497 e. The smallest absolute Gasteiger partial charge is 0.118 e. The van der Waals surface area contributed by atoms with Crippen LogP contribution in [0.5, 0.6) is 5.75 Å². The van der Waals surface area contributed by atoms with E-state index in [0.717, 1.165) is 30.4 Å². The number of nitrogens with zero attached hydrogens (tertiary/aromatic N) is 1. The molecule has 20 heavy (non-hydrogen) atoms. The zero-order chi connectivity index (χ0) is 14.5. The second kappa shape index (κ2) is 6.59. The second-order valence-corrected chi connectivity index (χ2v) is 5.02. The molecule has 0 bridgehead atoms. The Balaban J connectivity index is 1.97. The lowest BCUT2D eigenvalue weighted by Gasteiger charge is -2.16. The molecule has 0 saturated heterocycles. The Morgan fingerprint density at radius 2 is 1.90 bits per heavy atom. The summed E-state index contributed by atoms with van der Waals surface area (Å²) in [7, 11) is 3.77. The maximum Gasteiger partial charge on any atom is 0.118 e. The maximum atomic E-state index is 5.59. The molecule has 1 aromatic carbocycles. The molecule has 0 fully saturated rings. The van der Waals surface area contributed by atoms with Crippen LogP contribution in [0.2, 0.25) is 0 Å². The van der Waals surface area contributed by atoms with Gasteiger partial charge in [-0.2, -0.15) is 0 Å². The first-order valence-corrected chi connectivity index (χ1v) is 6.72. The van der Waals surface area contributed by atoms with Crippen molar-refractivity contribution in [1.82, 2.24) is 4.90 Å². The molecular formula is C16H22N2O2. The standard InChI is InChI=1S/C16H22N2O2/c1-12-14(8-16(9-17)20-12)11-18(2)10-13-4-6-15(19-3)7-5-13/h4-8H,9-11,17H2,1-3H3. The van der Waals surface area contributed by atoms with E-state index in [1.54, 1.807) is 7.11 Å². The lowest BCUT2D eigenvalue weighted by molar-refractivity contribution is 0.316. The molecule has 0 aliphatic carbocycles. The number of aryl methyl sites for hydroxylation is 1. The predicted octanol–water partition coefficient (Wildman–Crippen LogP) is 2.69. The number of rotatable bonds is 6. The molecule has 2 N–H and O–H groups in total. The fraction of sp³-hybridized carbons (Fsp3) is 0.375. The Bertz CT molecular complexity index is 546. The van der Waals surface area contributed by atoms with Gasteiger partial charge in [0, 0.05) is 18.7 Å². The van der Waals surface area contributed by atoms with Crippen LogP contribution in [-0.4, -0.2) is 19.1 Å². The van der Waals surface area contributed by atoms with Crippen molar-refractivity contribution < 1.29 is 9.15 Å². The molecule has 108 valence electrons. The lowest BCUT2D eigenvalue weighted by Crippen LogP contribution is -2.17. The van der Waals surface area contributed by atoms with E-state index >= 15 is 0 Å². The second-order valence-electron chi connectivity index (χ2n) is 5.02. The quantitative estimate of drug-likeness (QED) is 0.880. The molecule has 0 aliphatic rings. The van der Waals surface area contributed by atoms with Gasteiger partial charge in [-0.15, -0.1) is 0 Å². The van der Waals surface area contributed by atoms with Crippen LogP contribution in [0, 0.1) is 6.92 Å². The summed E-state index contributed by atoms with van der Waals surface area (Å²) >= 11 is 0. The Morgan fingerprint density at radius 1 is 1.20 bits per heavy atom. The molecule has 2 rings (SSSR count). The summed E-state index contributed by atoms with van der Waals surface area (Å²) in [4.78, 5) is 2.25. The number of ether oxygens (including phenoxy) is 1. The van der Waals surface area contributed by atoms with Gasteiger partial charge in [0.15, 0.2) is 0 Å². The van der Waals surface area contributed by atoms with Crippen molar-refractivity contribution in [3.05, 3.63) is 53.0 Å². The lowest BCUT2D eigenvalue weighted by atomic mass is 10.2. The van der Waals surface area contributed by atoms with E-state index in [1.165, 1.54) is 11.1 Å². The van der Waals surface area contributed by atoms with Crippen molar-refractivity contribution in [3.63, 3.8) is 0 Å². The normalized spacial score (nSPS) is 11.1. The van der Waals surface area contributed by atoms with Gasteiger partial charge in [0.25, 0.3) is 0 Å². The van der Waals surface area contributed by atoms with Crippen LogP contribution in [0.25, 0.3) is 0 Å². The summed E-state index contributed by atoms with van der Waals surface area (Å²) in [5.41, 5.74) is 8.05. The molecule has 1 heterocycles. The zero-order valence-corrected chi connectivity index (χ0v) is 12.3. The highest BCUT2D eigenvalue weighted by Crippen LogP contribution is 2.18. The number of nitrogens with two attached hydrogens (primary N) is 1. The third kappa shape index (κ3) is 3.62. The fourth-order valence-corrected chi connectivity index (χ4v) is 2.23. The number of methoxy groups -OCH3 is 1. The first-order chi connectivity index (χ1) is 9.62. The van der Waals surface area contributed by atoms with Gasteiger partial charge in [0.05, 0.1) is 13.7 Å². The Morgan fingerprint density at radius 3 is 2.45 bits per heavy atom. The minimum Gasteiger partial charge on any atom is -0.497 e. The van der Waals surface area contributed by atoms with Crippen LogP contribution in [-0.2, 0) is 19.6 Å². The van der Waals surface area contributed by atoms with E-state index in [2.05, 4.69) is 24.1 Å². The summed E-state index contributed by atoms with van der Waals surface area (Å²) in [6.45, 7) is 4.16. The first-order valence-electron chi connectivity index (χ1n) is 6.72. The van der Waals surface area contributed by atoms with Gasteiger partial charge < -0.3 is 14.9 Å². The molecule has 0 saturated carbocycles. The van der Waals surface area contributed by atoms with Crippen LogP contribution in [0.1, 0.15) is 22.6 Å². The molecule has 1 aromatic heterocycles. The summed E-state index contributed by atoms with van der Waals surface area (Å²) < 4.78 is 10.7. The Kier molecular flexibility index (Phi) is 4.82. The van der Waals surface area contributed by atoms with Gasteiger partial charge in [-0.25, -0.2) is 0 Å². The van der Waals surface area contributed by atoms with Gasteiger partial charge in [-0.1, -0.05) is 12.1 Å². The van der Waals surface area contributed by atoms with E-state index in [-0.39, 0.29) is 0 Å². The van der Waals surface area contributed by atoms with Crippen molar-refractivity contribution in [2.75, 3.05) is 14.2 Å². The number of hydrogen-bond acceptors (Lipinski definition) is 4. The van der Waals surface area contributed by atoms with Crippen LogP contribution >= 0.6 is 0 Å². The highest BCUT2D eigenvalue weighted by molar-refractivity contribution is 5.27. The van der Waals surface area contributed by atoms with Crippen molar-refractivity contribution in [2.24, 2.45) is 5.73 Å². The molecule has 0 spiro atoms. The summed E-state index contributed by atoms with van der Waals surface area (Å²) in [5.74, 6) is 2.68. The first kappa shape index (κ1) is 14.6. The van der Waals surface area contributed by atoms with E-state index < -0.39 is 0 Å². The molecule has 0 unspecified atom stereocenters. The summed E-state index contributed by atoms with van der Waals surface area (Å²) in [5, 5.41) is 0. The molecule has 2 aromatic rings. The van der Waals surface area contributed by atoms with E-state index in [0.29, 0.717) is 6.54 Å². The van der Waals surface area contributed by atoms with Gasteiger partial charge in [0.2, 0.25) is 0 Å². The van der Waals surface area contributed by atoms with Crippen molar-refractivity contribution in [3.8, 4) is 5.75 Å². The third-order valence-electron chi connectivity index (χ3n) is 3.32. The van der Waals surface area contributed by atoms with Crippen LogP contribution in [0.3, 0.4) is 0 Å². The van der Waals surface area contributed by atoms with Crippen molar-refractivity contribution >= 4 is 0 Å². The molecule has 4 heteroatoms. The van der Waals surface area contributed by atoms with E-state index in [4.69, 9.17) is 14.9 Å². The van der Waals surface area contributed by atoms with Gasteiger partial charge in [0.1, 0.15) is 17.3 Å². The number of furan rings is 1. The predicted molar refractivity (Wildman–Crippen MR) is 79.5 cm³/mol. The number of benzene rings is 1. The SMILES string of the molecule is COc1ccc(CN(C)Cc2cc(CN)oc2C)cc1. The minimum atomic E-state index is 0.447. The Labute approximate surface area is 120 Å². The molecule has 0 radical (unpaired) electrons. The van der Waals surface area contributed by atoms with Crippen LogP contribution in [0.15, 0.2) is 34.7 Å². The molecular weight excluding hydrogens is 252 g/mol. The molecule has 0 aliphatic heterocycles. The number of hydrogen-bond donors (Lipinski definition) is 1. The zero-order valence-electron chi connectivity index (χ0n) is 12.3. The molecule has 4 nitrogen and oxygen atoms in total. The third-order valence-corrected chi connectivity index (χ3v) is 3.32. The van der Waals surface area contributed by atoms with Gasteiger partial charge in [-0.05, 0) is 37.7 Å². The average Bonchev–Trinajstić information content (AvgIpc) is 2.80. The van der Waals surface area contributed by atoms with Gasteiger partial charge in [-0.3, -0.25) is 4.90 Å². The Hall–Kier alpha value is -1.78. The summed E-state index contributed by atoms with van der Waals surface area (Å²) in [6.07, 6.45) is 0. The van der Waals surface area contributed by atoms with Crippen molar-refractivity contribution in [1.29, 1.82) is 0 Å². The van der Waals surface area contributed by atoms with E-state index in [1.807, 2.05) is 25.1 Å². The molecule has 0 amide bonds. The fourth-order valence-electron chi connectivity index (χ4n) is 2.23. The highest BCUT2D eigenvalue weighted by Gasteiger charge is 2.09. The molecule has 0 atom stereocenters. The summed E-state index contributed by atoms with van der Waals surface area (Å²) in [6, 6.07) is 10.2. The highest BCUT2D eigenvalue weighted by atomic mass is 16.5. The topological polar surface area (TPSA) is 51.6 Å². The maximum absolute atomic E-state index is 5.59. The minimum absolute atomic E-state index is 0.447. The van der Waals surface area contributed by atoms with E-state index in [9.17, 15) is 0 Å². The monoisotopic (exact) mass is 274 g/mol. The van der Waals surface area contributed by atoms with Gasteiger partial charge >= 0.3 is 0 Å². The van der Waals surface area contributed by atoms with Crippen LogP contribution < -0.4 is 10.5 Å². The van der Waals surface area contributed by atoms with Crippen LogP contribution in [0.4, 0.5) is 0 Å². The average molecular weight is 274 g/mol. The van der Waals surface area contributed by atoms with Crippen molar-refractivity contribution in [2.45, 2.75) is 26.6 Å².